The maximum Gasteiger partial charge on any atom is 0.330 e. The van der Waals surface area contributed by atoms with Crippen LogP contribution in [-0.2, 0) is 19.2 Å². The maximum absolute atomic E-state index is 10.7. The van der Waals surface area contributed by atoms with Gasteiger partial charge in [0.25, 0.3) is 0 Å². The molecule has 0 radical (unpaired) electrons. The number of aliphatic carboxylic acids is 1. The zero-order valence-electron chi connectivity index (χ0n) is 8.05. The van der Waals surface area contributed by atoms with E-state index in [1.54, 1.807) is 0 Å². The summed E-state index contributed by atoms with van der Waals surface area (Å²) in [7, 11) is 0. The first-order chi connectivity index (χ1) is 7.06. The number of hydroxylamine groups is 2. The first-order valence-corrected chi connectivity index (χ1v) is 4.15. The number of hydrogen-bond donors (Lipinski definition) is 1. The number of hydrogen-bond acceptors (Lipinski definition) is 6. The van der Waals surface area contributed by atoms with Crippen molar-refractivity contribution in [1.82, 2.24) is 5.23 Å². The molecule has 0 unspecified atom stereocenters. The van der Waals surface area contributed by atoms with Crippen LogP contribution >= 0.6 is 0 Å². The smallest absolute Gasteiger partial charge is 0.330 e. The molecule has 0 rings (SSSR count). The second-order valence-corrected chi connectivity index (χ2v) is 2.40. The number of carbonyl (C=O) groups excluding carboxylic acids is 1. The van der Waals surface area contributed by atoms with Crippen LogP contribution in [0.15, 0.2) is 12.7 Å². The van der Waals surface area contributed by atoms with E-state index in [1.165, 1.54) is 0 Å². The highest BCUT2D eigenvalue weighted by Gasteiger charge is 1.99. The molecule has 0 atom stereocenters. The van der Waals surface area contributed by atoms with Gasteiger partial charge in [0.2, 0.25) is 0 Å². The summed E-state index contributed by atoms with van der Waals surface area (Å²) >= 11 is 0. The van der Waals surface area contributed by atoms with Crippen LogP contribution in [0.2, 0.25) is 0 Å². The van der Waals surface area contributed by atoms with Gasteiger partial charge in [0.1, 0.15) is 13.2 Å². The quantitative estimate of drug-likeness (QED) is 0.263. The Labute approximate surface area is 86.4 Å². The summed E-state index contributed by atoms with van der Waals surface area (Å²) < 4.78 is 4.50. The lowest BCUT2D eigenvalue weighted by Gasteiger charge is -2.25. The Hall–Kier alpha value is -1.44. The van der Waals surface area contributed by atoms with Crippen molar-refractivity contribution in [2.45, 2.75) is 6.42 Å². The molecule has 1 N–H and O–H groups in total. The third kappa shape index (κ3) is 8.88. The minimum Gasteiger partial charge on any atom is -0.762 e. The van der Waals surface area contributed by atoms with Crippen molar-refractivity contribution >= 4 is 11.9 Å². The van der Waals surface area contributed by atoms with Gasteiger partial charge in [0.15, 0.2) is 0 Å². The number of carbonyl (C=O) groups is 2. The third-order valence-corrected chi connectivity index (χ3v) is 1.24. The average molecular weight is 218 g/mol. The number of ether oxygens (including phenoxy) is 1. The van der Waals surface area contributed by atoms with Gasteiger partial charge in [-0.15, -0.1) is 0 Å². The summed E-state index contributed by atoms with van der Waals surface area (Å²) in [6.07, 6.45) is 0.676. The van der Waals surface area contributed by atoms with E-state index in [9.17, 15) is 14.8 Å². The van der Waals surface area contributed by atoms with E-state index in [1.807, 2.05) is 0 Å². The summed E-state index contributed by atoms with van der Waals surface area (Å²) in [5.74, 6) is -1.70. The molecule has 0 aliphatic rings. The van der Waals surface area contributed by atoms with E-state index >= 15 is 0 Å². The highest BCUT2D eigenvalue weighted by Crippen LogP contribution is 1.91. The Morgan fingerprint density at radius 3 is 2.67 bits per heavy atom. The molecule has 0 aliphatic carbocycles. The summed E-state index contributed by atoms with van der Waals surface area (Å²) in [5.41, 5.74) is 0. The number of esters is 1. The van der Waals surface area contributed by atoms with Gasteiger partial charge in [0.05, 0.1) is 6.42 Å². The van der Waals surface area contributed by atoms with Crippen LogP contribution in [0.4, 0.5) is 0 Å². The van der Waals surface area contributed by atoms with E-state index in [-0.39, 0.29) is 31.4 Å². The number of carboxylic acid groups (broad SMARTS) is 1. The lowest BCUT2D eigenvalue weighted by Crippen LogP contribution is -2.23. The van der Waals surface area contributed by atoms with Gasteiger partial charge in [0, 0.05) is 12.6 Å². The first kappa shape index (κ1) is 13.6. The highest BCUT2D eigenvalue weighted by atomic mass is 16.9. The van der Waals surface area contributed by atoms with Crippen molar-refractivity contribution in [1.29, 1.82) is 0 Å². The predicted molar refractivity (Wildman–Crippen MR) is 49.4 cm³/mol. The normalized spacial score (nSPS) is 10.0. The lowest BCUT2D eigenvalue weighted by molar-refractivity contribution is -0.156. The maximum atomic E-state index is 10.7. The number of carboxylic acids is 1. The van der Waals surface area contributed by atoms with Crippen LogP contribution < -0.4 is 0 Å². The standard InChI is InChI=1S/C8H12NO6/c1-2-8(12)14-5-6-15-9(13)4-3-7(10)11/h2H,1,3-6H2,(H,10,11)/q-1. The van der Waals surface area contributed by atoms with Gasteiger partial charge in [-0.2, -0.15) is 0 Å². The van der Waals surface area contributed by atoms with Crippen LogP contribution in [-0.4, -0.2) is 42.0 Å². The van der Waals surface area contributed by atoms with Crippen molar-refractivity contribution in [2.24, 2.45) is 0 Å². The molecule has 7 heteroatoms. The van der Waals surface area contributed by atoms with Gasteiger partial charge >= 0.3 is 11.9 Å². The minimum atomic E-state index is -1.09. The van der Waals surface area contributed by atoms with Gasteiger partial charge in [-0.3, -0.25) is 10.0 Å². The molecule has 0 spiro atoms. The SMILES string of the molecule is C=CC(=O)OCCON([O-])CCC(=O)O. The average Bonchev–Trinajstić information content (AvgIpc) is 2.21. The van der Waals surface area contributed by atoms with E-state index < -0.39 is 11.9 Å². The molecule has 0 fully saturated rings. The Balaban J connectivity index is 3.38. The van der Waals surface area contributed by atoms with Gasteiger partial charge in [-0.1, -0.05) is 6.58 Å². The number of rotatable bonds is 8. The molecular weight excluding hydrogens is 206 g/mol. The monoisotopic (exact) mass is 218 g/mol. The summed E-state index contributed by atoms with van der Waals surface area (Å²) in [6, 6.07) is 0. The largest absolute Gasteiger partial charge is 0.762 e. The van der Waals surface area contributed by atoms with Crippen molar-refractivity contribution in [3.05, 3.63) is 17.9 Å². The molecule has 0 aromatic heterocycles. The fourth-order valence-electron chi connectivity index (χ4n) is 0.592. The molecule has 15 heavy (non-hydrogen) atoms. The molecular formula is C8H12NO6-. The van der Waals surface area contributed by atoms with Crippen molar-refractivity contribution in [2.75, 3.05) is 19.8 Å². The second-order valence-electron chi connectivity index (χ2n) is 2.40. The van der Waals surface area contributed by atoms with Gasteiger partial charge in [-0.05, 0) is 0 Å². The van der Waals surface area contributed by atoms with E-state index in [0.29, 0.717) is 0 Å². The Kier molecular flexibility index (Phi) is 7.16. The summed E-state index contributed by atoms with van der Waals surface area (Å²) in [6.45, 7) is 2.69. The molecule has 0 saturated carbocycles. The van der Waals surface area contributed by atoms with Crippen LogP contribution in [0, 0.1) is 5.21 Å². The lowest BCUT2D eigenvalue weighted by atomic mass is 10.4. The molecule has 0 saturated heterocycles. The van der Waals surface area contributed by atoms with E-state index in [0.717, 1.165) is 6.08 Å². The van der Waals surface area contributed by atoms with Crippen LogP contribution in [0.25, 0.3) is 0 Å². The van der Waals surface area contributed by atoms with Crippen molar-refractivity contribution in [3.8, 4) is 0 Å². The zero-order valence-corrected chi connectivity index (χ0v) is 8.05. The molecule has 0 amide bonds. The molecule has 0 bridgehead atoms. The first-order valence-electron chi connectivity index (χ1n) is 4.15. The molecule has 7 nitrogen and oxygen atoms in total. The Morgan fingerprint density at radius 1 is 1.47 bits per heavy atom. The molecule has 0 aliphatic heterocycles. The summed E-state index contributed by atoms with van der Waals surface area (Å²) in [5, 5.41) is 19.1. The van der Waals surface area contributed by atoms with Crippen molar-refractivity contribution < 1.29 is 24.3 Å². The second kappa shape index (κ2) is 7.92. The zero-order chi connectivity index (χ0) is 11.7. The molecule has 86 valence electrons. The van der Waals surface area contributed by atoms with Crippen LogP contribution in [0.5, 0.6) is 0 Å². The summed E-state index contributed by atoms with van der Waals surface area (Å²) in [4.78, 5) is 25.1. The fourth-order valence-corrected chi connectivity index (χ4v) is 0.592. The van der Waals surface area contributed by atoms with E-state index in [4.69, 9.17) is 5.11 Å². The Morgan fingerprint density at radius 2 is 2.13 bits per heavy atom. The Bertz CT molecular complexity index is 229. The third-order valence-electron chi connectivity index (χ3n) is 1.24. The fraction of sp³-hybridized carbons (Fsp3) is 0.500. The number of nitrogens with zero attached hydrogens (tertiary/aromatic N) is 1. The minimum absolute atomic E-state index is 0.0866. The molecule has 0 heterocycles. The van der Waals surface area contributed by atoms with E-state index in [2.05, 4.69) is 16.2 Å². The van der Waals surface area contributed by atoms with Crippen LogP contribution in [0.3, 0.4) is 0 Å². The topological polar surface area (TPSA) is 99.1 Å². The van der Waals surface area contributed by atoms with Gasteiger partial charge < -0.3 is 19.9 Å². The predicted octanol–water partition coefficient (Wildman–Crippen LogP) is -0.0783. The van der Waals surface area contributed by atoms with Crippen LogP contribution in [0.1, 0.15) is 6.42 Å². The van der Waals surface area contributed by atoms with Gasteiger partial charge in [-0.25, -0.2) is 4.79 Å². The highest BCUT2D eigenvalue weighted by molar-refractivity contribution is 5.81. The van der Waals surface area contributed by atoms with Crippen molar-refractivity contribution in [3.63, 3.8) is 0 Å². The molecule has 0 aromatic rings. The molecule has 0 aromatic carbocycles.